The topological polar surface area (TPSA) is 38.3 Å². The summed E-state index contributed by atoms with van der Waals surface area (Å²) in [6.07, 6.45) is 0. The average Bonchev–Trinajstić information content (AvgIpc) is 1.67. The maximum absolute atomic E-state index is 10.4. The van der Waals surface area contributed by atoms with E-state index in [0.29, 0.717) is 5.57 Å². The van der Waals surface area contributed by atoms with Crippen LogP contribution in [-0.4, -0.2) is 13.0 Å². The van der Waals surface area contributed by atoms with Crippen LogP contribution in [0.15, 0.2) is 12.2 Å². The molecule has 0 rings (SSSR count). The molecule has 0 bridgehead atoms. The largest absolute Gasteiger partial charge is 0.367 e. The predicted molar refractivity (Wildman–Crippen MR) is 30.0 cm³/mol. The number of hydrogen-bond donors (Lipinski definition) is 1. The summed E-state index contributed by atoms with van der Waals surface area (Å²) in [7, 11) is 1.51. The Morgan fingerprint density at radius 3 is 2.38 bits per heavy atom. The van der Waals surface area contributed by atoms with Gasteiger partial charge in [0, 0.05) is 12.6 Å². The molecule has 0 amide bonds. The molecule has 1 N–H and O–H groups in total. The van der Waals surface area contributed by atoms with Gasteiger partial charge in [-0.2, -0.15) is 5.48 Å². The van der Waals surface area contributed by atoms with Gasteiger partial charge in [-0.3, -0.25) is 0 Å². The van der Waals surface area contributed by atoms with Crippen LogP contribution in [0.3, 0.4) is 0 Å². The second-order valence-corrected chi connectivity index (χ2v) is 1.37. The summed E-state index contributed by atoms with van der Waals surface area (Å²) >= 11 is 0. The summed E-state index contributed by atoms with van der Waals surface area (Å²) in [4.78, 5) is 14.7. The molecule has 0 saturated heterocycles. The molecule has 0 unspecified atom stereocenters. The summed E-state index contributed by atoms with van der Waals surface area (Å²) in [5, 5.41) is 0. The van der Waals surface area contributed by atoms with Crippen LogP contribution in [0.4, 0.5) is 0 Å². The summed E-state index contributed by atoms with van der Waals surface area (Å²) in [6, 6.07) is 0. The maximum atomic E-state index is 10.4. The summed E-state index contributed by atoms with van der Waals surface area (Å²) in [5.41, 5.74) is 2.63. The number of hydrogen-bond acceptors (Lipinski definition) is 3. The normalized spacial score (nSPS) is 8.25. The second-order valence-electron chi connectivity index (χ2n) is 1.37. The first-order chi connectivity index (χ1) is 3.68. The zero-order valence-corrected chi connectivity index (χ0v) is 5.02. The standard InChI is InChI=1S/C5H9NO2/c1-4(2)5(7)8-6-3/h6H,1H2,2-3H3. The van der Waals surface area contributed by atoms with E-state index in [1.165, 1.54) is 7.05 Å². The number of carbonyl (C=O) groups is 1. The van der Waals surface area contributed by atoms with E-state index >= 15 is 0 Å². The van der Waals surface area contributed by atoms with Crippen molar-refractivity contribution in [2.75, 3.05) is 7.05 Å². The zero-order chi connectivity index (χ0) is 6.57. The number of carbonyl (C=O) groups excluding carboxylic acids is 1. The second kappa shape index (κ2) is 3.21. The van der Waals surface area contributed by atoms with Crippen molar-refractivity contribution in [3.8, 4) is 0 Å². The predicted octanol–water partition coefficient (Wildman–Crippen LogP) is 0.240. The Bertz CT molecular complexity index is 109. The van der Waals surface area contributed by atoms with E-state index in [9.17, 15) is 4.79 Å². The molecule has 0 fully saturated rings. The zero-order valence-electron chi connectivity index (χ0n) is 5.02. The van der Waals surface area contributed by atoms with Crippen LogP contribution in [0.5, 0.6) is 0 Å². The van der Waals surface area contributed by atoms with E-state index in [-0.39, 0.29) is 0 Å². The minimum Gasteiger partial charge on any atom is -0.367 e. The molecular formula is C5H9NO2. The van der Waals surface area contributed by atoms with Gasteiger partial charge >= 0.3 is 5.97 Å². The van der Waals surface area contributed by atoms with Gasteiger partial charge in [0.25, 0.3) is 0 Å². The van der Waals surface area contributed by atoms with Gasteiger partial charge in [0.2, 0.25) is 0 Å². The first-order valence-corrected chi connectivity index (χ1v) is 2.22. The Morgan fingerprint density at radius 1 is 1.75 bits per heavy atom. The molecule has 8 heavy (non-hydrogen) atoms. The summed E-state index contributed by atoms with van der Waals surface area (Å²) in [5.74, 6) is -0.424. The van der Waals surface area contributed by atoms with E-state index in [4.69, 9.17) is 0 Å². The van der Waals surface area contributed by atoms with Crippen LogP contribution in [0.1, 0.15) is 6.92 Å². The molecule has 0 aromatic rings. The first-order valence-electron chi connectivity index (χ1n) is 2.22. The molecule has 0 aliphatic rings. The highest BCUT2D eigenvalue weighted by molar-refractivity contribution is 5.86. The molecule has 0 spiro atoms. The lowest BCUT2D eigenvalue weighted by atomic mass is 10.4. The van der Waals surface area contributed by atoms with Crippen molar-refractivity contribution in [2.45, 2.75) is 6.92 Å². The van der Waals surface area contributed by atoms with Gasteiger partial charge in [0.15, 0.2) is 0 Å². The molecule has 0 aliphatic heterocycles. The number of hydroxylamine groups is 1. The van der Waals surface area contributed by atoms with Crippen molar-refractivity contribution in [2.24, 2.45) is 0 Å². The van der Waals surface area contributed by atoms with E-state index in [1.54, 1.807) is 6.92 Å². The smallest absolute Gasteiger partial charge is 0.351 e. The molecule has 0 radical (unpaired) electrons. The lowest BCUT2D eigenvalue weighted by molar-refractivity contribution is -0.144. The highest BCUT2D eigenvalue weighted by Crippen LogP contribution is 1.86. The third kappa shape index (κ3) is 2.36. The first kappa shape index (κ1) is 7.17. The van der Waals surface area contributed by atoms with Crippen LogP contribution in [0.25, 0.3) is 0 Å². The molecule has 0 saturated carbocycles. The van der Waals surface area contributed by atoms with Gasteiger partial charge in [0.1, 0.15) is 0 Å². The minimum atomic E-state index is -0.424. The highest BCUT2D eigenvalue weighted by atomic mass is 16.7. The molecule has 0 aliphatic carbocycles. The maximum Gasteiger partial charge on any atom is 0.351 e. The van der Waals surface area contributed by atoms with E-state index in [1.807, 2.05) is 0 Å². The fraction of sp³-hybridized carbons (Fsp3) is 0.400. The minimum absolute atomic E-state index is 0.388. The highest BCUT2D eigenvalue weighted by Gasteiger charge is 1.98. The fourth-order valence-corrected chi connectivity index (χ4v) is 0.180. The van der Waals surface area contributed by atoms with Crippen molar-refractivity contribution in [1.29, 1.82) is 0 Å². The van der Waals surface area contributed by atoms with Gasteiger partial charge < -0.3 is 4.84 Å². The summed E-state index contributed by atoms with van der Waals surface area (Å²) < 4.78 is 0. The number of nitrogens with one attached hydrogen (secondary N) is 1. The quantitative estimate of drug-likeness (QED) is 0.414. The van der Waals surface area contributed by atoms with E-state index < -0.39 is 5.97 Å². The van der Waals surface area contributed by atoms with Crippen molar-refractivity contribution in [3.63, 3.8) is 0 Å². The van der Waals surface area contributed by atoms with Crippen LogP contribution >= 0.6 is 0 Å². The molecule has 46 valence electrons. The molecule has 0 atom stereocenters. The van der Waals surface area contributed by atoms with Crippen LogP contribution in [-0.2, 0) is 9.63 Å². The van der Waals surface area contributed by atoms with Crippen molar-refractivity contribution < 1.29 is 9.63 Å². The Labute approximate surface area is 48.3 Å². The Hall–Kier alpha value is -0.830. The SMILES string of the molecule is C=C(C)C(=O)ONC. The Balaban J connectivity index is 3.49. The Morgan fingerprint density at radius 2 is 2.25 bits per heavy atom. The molecule has 0 aromatic carbocycles. The molecular weight excluding hydrogens is 106 g/mol. The monoisotopic (exact) mass is 115 g/mol. The van der Waals surface area contributed by atoms with Crippen molar-refractivity contribution in [3.05, 3.63) is 12.2 Å². The lowest BCUT2D eigenvalue weighted by Gasteiger charge is -1.96. The van der Waals surface area contributed by atoms with Gasteiger partial charge in [0.05, 0.1) is 0 Å². The van der Waals surface area contributed by atoms with Crippen LogP contribution in [0, 0.1) is 0 Å². The van der Waals surface area contributed by atoms with E-state index in [0.717, 1.165) is 0 Å². The summed E-state index contributed by atoms with van der Waals surface area (Å²) in [6.45, 7) is 4.94. The van der Waals surface area contributed by atoms with Gasteiger partial charge in [-0.25, -0.2) is 4.79 Å². The molecule has 0 aromatic heterocycles. The van der Waals surface area contributed by atoms with Gasteiger partial charge in [-0.05, 0) is 6.92 Å². The third-order valence-corrected chi connectivity index (χ3v) is 0.543. The van der Waals surface area contributed by atoms with Crippen LogP contribution < -0.4 is 5.48 Å². The molecule has 3 heteroatoms. The molecule has 3 nitrogen and oxygen atoms in total. The van der Waals surface area contributed by atoms with Crippen molar-refractivity contribution in [1.82, 2.24) is 5.48 Å². The number of rotatable bonds is 2. The van der Waals surface area contributed by atoms with Crippen molar-refractivity contribution >= 4 is 5.97 Å². The Kier molecular flexibility index (Phi) is 2.88. The van der Waals surface area contributed by atoms with Crippen LogP contribution in [0.2, 0.25) is 0 Å². The van der Waals surface area contributed by atoms with Gasteiger partial charge in [-0.15, -0.1) is 0 Å². The van der Waals surface area contributed by atoms with E-state index in [2.05, 4.69) is 16.9 Å². The molecule has 0 heterocycles. The average molecular weight is 115 g/mol. The fourth-order valence-electron chi connectivity index (χ4n) is 0.180. The third-order valence-electron chi connectivity index (χ3n) is 0.543. The lowest BCUT2D eigenvalue weighted by Crippen LogP contribution is -2.14. The van der Waals surface area contributed by atoms with Gasteiger partial charge in [-0.1, -0.05) is 6.58 Å².